The lowest BCUT2D eigenvalue weighted by Crippen LogP contribution is -2.34. The van der Waals surface area contributed by atoms with Gasteiger partial charge in [0.05, 0.1) is 22.3 Å². The molecule has 2 aromatic heterocycles. The molecule has 0 aliphatic carbocycles. The highest BCUT2D eigenvalue weighted by Gasteiger charge is 2.21. The van der Waals surface area contributed by atoms with E-state index >= 15 is 0 Å². The summed E-state index contributed by atoms with van der Waals surface area (Å²) in [5.74, 6) is -0.983. The number of aryl methyl sites for hydroxylation is 1. The summed E-state index contributed by atoms with van der Waals surface area (Å²) in [4.78, 5) is 28.7. The lowest BCUT2D eigenvalue weighted by atomic mass is 10.1. The van der Waals surface area contributed by atoms with Gasteiger partial charge in [0.2, 0.25) is 0 Å². The Kier molecular flexibility index (Phi) is 4.97. The van der Waals surface area contributed by atoms with Gasteiger partial charge in [0.1, 0.15) is 0 Å². The number of nitrogens with one attached hydrogen (secondary N) is 1. The second-order valence-corrected chi connectivity index (χ2v) is 6.17. The highest BCUT2D eigenvalue weighted by atomic mass is 16.5. The van der Waals surface area contributed by atoms with Gasteiger partial charge >= 0.3 is 5.97 Å². The van der Waals surface area contributed by atoms with E-state index in [1.807, 2.05) is 44.2 Å². The molecule has 1 N–H and O–H groups in total. The number of carbonyl (C=O) groups is 2. The predicted molar refractivity (Wildman–Crippen MR) is 95.5 cm³/mol. The summed E-state index contributed by atoms with van der Waals surface area (Å²) in [5, 5.41) is 7.04. The number of ether oxygens (including phenoxy) is 1. The molecular formula is C19H19N3O4. The van der Waals surface area contributed by atoms with Crippen molar-refractivity contribution in [3.63, 3.8) is 0 Å². The zero-order chi connectivity index (χ0) is 18.7. The SMILES string of the molecule is Cc1noc2nc(-c3ccccc3)cc(C(=O)OCC(=O)NC(C)C)c12. The van der Waals surface area contributed by atoms with Crippen LogP contribution in [0.2, 0.25) is 0 Å². The minimum absolute atomic E-state index is 0.0289. The Balaban J connectivity index is 1.94. The van der Waals surface area contributed by atoms with E-state index in [-0.39, 0.29) is 29.8 Å². The van der Waals surface area contributed by atoms with Crippen molar-refractivity contribution < 1.29 is 18.8 Å². The summed E-state index contributed by atoms with van der Waals surface area (Å²) >= 11 is 0. The first-order valence-electron chi connectivity index (χ1n) is 8.24. The highest BCUT2D eigenvalue weighted by Crippen LogP contribution is 2.27. The van der Waals surface area contributed by atoms with Crippen LogP contribution in [0.25, 0.3) is 22.4 Å². The lowest BCUT2D eigenvalue weighted by molar-refractivity contribution is -0.124. The van der Waals surface area contributed by atoms with Gasteiger partial charge in [-0.1, -0.05) is 35.5 Å². The van der Waals surface area contributed by atoms with Crippen LogP contribution in [0.4, 0.5) is 0 Å². The van der Waals surface area contributed by atoms with Crippen molar-refractivity contribution in [1.82, 2.24) is 15.5 Å². The molecule has 2 heterocycles. The Morgan fingerprint density at radius 3 is 2.65 bits per heavy atom. The molecule has 7 nitrogen and oxygen atoms in total. The third-order valence-electron chi connectivity index (χ3n) is 3.69. The Labute approximate surface area is 150 Å². The number of amides is 1. The molecule has 0 aliphatic heterocycles. The number of pyridine rings is 1. The molecule has 1 aromatic carbocycles. The van der Waals surface area contributed by atoms with Crippen molar-refractivity contribution in [2.24, 2.45) is 0 Å². The van der Waals surface area contributed by atoms with Gasteiger partial charge in [0.15, 0.2) is 6.61 Å². The molecule has 7 heteroatoms. The molecule has 0 bridgehead atoms. The van der Waals surface area contributed by atoms with Gasteiger partial charge in [0, 0.05) is 11.6 Å². The maximum absolute atomic E-state index is 12.6. The highest BCUT2D eigenvalue weighted by molar-refractivity contribution is 6.04. The fourth-order valence-electron chi connectivity index (χ4n) is 2.58. The minimum Gasteiger partial charge on any atom is -0.452 e. The molecule has 0 spiro atoms. The molecule has 0 atom stereocenters. The maximum Gasteiger partial charge on any atom is 0.339 e. The smallest absolute Gasteiger partial charge is 0.339 e. The second kappa shape index (κ2) is 7.35. The van der Waals surface area contributed by atoms with E-state index in [0.29, 0.717) is 16.8 Å². The molecule has 3 rings (SSSR count). The average Bonchev–Trinajstić information content (AvgIpc) is 3.00. The maximum atomic E-state index is 12.6. The van der Waals surface area contributed by atoms with Crippen LogP contribution < -0.4 is 5.32 Å². The number of hydrogen-bond acceptors (Lipinski definition) is 6. The van der Waals surface area contributed by atoms with Gasteiger partial charge in [0.25, 0.3) is 11.6 Å². The van der Waals surface area contributed by atoms with Crippen LogP contribution in [0.1, 0.15) is 29.9 Å². The van der Waals surface area contributed by atoms with E-state index in [2.05, 4.69) is 15.5 Å². The number of carbonyl (C=O) groups excluding carboxylic acids is 2. The summed E-state index contributed by atoms with van der Waals surface area (Å²) in [7, 11) is 0. The molecule has 0 saturated carbocycles. The van der Waals surface area contributed by atoms with Crippen LogP contribution in [0.3, 0.4) is 0 Å². The lowest BCUT2D eigenvalue weighted by Gasteiger charge is -2.10. The molecular weight excluding hydrogens is 334 g/mol. The van der Waals surface area contributed by atoms with Gasteiger partial charge in [-0.15, -0.1) is 0 Å². The molecule has 0 radical (unpaired) electrons. The summed E-state index contributed by atoms with van der Waals surface area (Å²) in [5.41, 5.74) is 2.45. The molecule has 3 aromatic rings. The van der Waals surface area contributed by atoms with Gasteiger partial charge in [-0.2, -0.15) is 0 Å². The zero-order valence-electron chi connectivity index (χ0n) is 14.8. The fraction of sp³-hybridized carbons (Fsp3) is 0.263. The summed E-state index contributed by atoms with van der Waals surface area (Å²) in [6.07, 6.45) is 0. The number of esters is 1. The summed E-state index contributed by atoms with van der Waals surface area (Å²) < 4.78 is 10.4. The molecule has 1 amide bonds. The standard InChI is InChI=1S/C19H19N3O4/c1-11(2)20-16(23)10-25-19(24)14-9-15(13-7-5-4-6-8-13)21-18-17(14)12(3)22-26-18/h4-9,11H,10H2,1-3H3,(H,20,23). The van der Waals surface area contributed by atoms with Crippen LogP contribution in [-0.4, -0.2) is 34.7 Å². The normalized spacial score (nSPS) is 10.9. The molecule has 0 aliphatic rings. The number of aromatic nitrogens is 2. The van der Waals surface area contributed by atoms with Crippen molar-refractivity contribution in [3.8, 4) is 11.3 Å². The van der Waals surface area contributed by atoms with Crippen LogP contribution >= 0.6 is 0 Å². The summed E-state index contributed by atoms with van der Waals surface area (Å²) in [6, 6.07) is 11.0. The molecule has 0 saturated heterocycles. The van der Waals surface area contributed by atoms with Gasteiger partial charge in [-0.05, 0) is 26.8 Å². The van der Waals surface area contributed by atoms with E-state index in [0.717, 1.165) is 5.56 Å². The molecule has 0 fully saturated rings. The first-order valence-corrected chi connectivity index (χ1v) is 8.24. The molecule has 26 heavy (non-hydrogen) atoms. The van der Waals surface area contributed by atoms with Gasteiger partial charge < -0.3 is 14.6 Å². The number of hydrogen-bond donors (Lipinski definition) is 1. The van der Waals surface area contributed by atoms with E-state index < -0.39 is 5.97 Å². The second-order valence-electron chi connectivity index (χ2n) is 6.17. The molecule has 0 unspecified atom stereocenters. The Bertz CT molecular complexity index is 948. The number of benzene rings is 1. The van der Waals surface area contributed by atoms with Crippen LogP contribution in [-0.2, 0) is 9.53 Å². The van der Waals surface area contributed by atoms with Crippen molar-refractivity contribution >= 4 is 23.0 Å². The zero-order valence-corrected chi connectivity index (χ0v) is 14.8. The van der Waals surface area contributed by atoms with E-state index in [4.69, 9.17) is 9.26 Å². The van der Waals surface area contributed by atoms with Crippen molar-refractivity contribution in [2.75, 3.05) is 6.61 Å². The van der Waals surface area contributed by atoms with Crippen LogP contribution in [0.5, 0.6) is 0 Å². The van der Waals surface area contributed by atoms with E-state index in [9.17, 15) is 9.59 Å². The number of fused-ring (bicyclic) bond motifs is 1. The number of rotatable bonds is 5. The topological polar surface area (TPSA) is 94.3 Å². The Morgan fingerprint density at radius 2 is 1.96 bits per heavy atom. The fourth-order valence-corrected chi connectivity index (χ4v) is 2.58. The van der Waals surface area contributed by atoms with Gasteiger partial charge in [-0.25, -0.2) is 9.78 Å². The summed E-state index contributed by atoms with van der Waals surface area (Å²) in [6.45, 7) is 5.03. The first-order chi connectivity index (χ1) is 12.5. The van der Waals surface area contributed by atoms with Crippen molar-refractivity contribution in [2.45, 2.75) is 26.8 Å². The Morgan fingerprint density at radius 1 is 1.23 bits per heavy atom. The molecule has 134 valence electrons. The average molecular weight is 353 g/mol. The minimum atomic E-state index is -0.625. The quantitative estimate of drug-likeness (QED) is 0.709. The van der Waals surface area contributed by atoms with Gasteiger partial charge in [-0.3, -0.25) is 4.79 Å². The largest absolute Gasteiger partial charge is 0.452 e. The third-order valence-corrected chi connectivity index (χ3v) is 3.69. The van der Waals surface area contributed by atoms with E-state index in [1.54, 1.807) is 13.0 Å². The predicted octanol–water partition coefficient (Wildman–Crippen LogP) is 2.88. The van der Waals surface area contributed by atoms with Crippen LogP contribution in [0.15, 0.2) is 40.9 Å². The van der Waals surface area contributed by atoms with E-state index in [1.165, 1.54) is 0 Å². The van der Waals surface area contributed by atoms with Crippen molar-refractivity contribution in [1.29, 1.82) is 0 Å². The Hall–Kier alpha value is -3.22. The van der Waals surface area contributed by atoms with Crippen molar-refractivity contribution in [3.05, 3.63) is 47.7 Å². The van der Waals surface area contributed by atoms with Crippen LogP contribution in [0, 0.1) is 6.92 Å². The monoisotopic (exact) mass is 353 g/mol. The third kappa shape index (κ3) is 3.72. The number of nitrogens with zero attached hydrogens (tertiary/aromatic N) is 2. The first kappa shape index (κ1) is 17.6.